The molecule has 0 aromatic heterocycles. The molecular weight excluding hydrogens is 308 g/mol. The monoisotopic (exact) mass is 348 g/mol. The molecule has 0 unspecified atom stereocenters. The quantitative estimate of drug-likeness (QED) is 0.257. The lowest BCUT2D eigenvalue weighted by molar-refractivity contribution is 0.194. The van der Waals surface area contributed by atoms with Gasteiger partial charge in [0.2, 0.25) is 0 Å². The van der Waals surface area contributed by atoms with E-state index in [1.807, 2.05) is 0 Å². The predicted octanol–water partition coefficient (Wildman–Crippen LogP) is 0.680. The van der Waals surface area contributed by atoms with Crippen molar-refractivity contribution in [2.24, 2.45) is 0 Å². The number of aliphatic hydroxyl groups excluding tert-OH is 4. The third-order valence-electron chi connectivity index (χ3n) is 4.23. The van der Waals surface area contributed by atoms with Crippen LogP contribution in [-0.4, -0.2) is 95.9 Å². The van der Waals surface area contributed by atoms with Gasteiger partial charge in [-0.2, -0.15) is 0 Å². The Morgan fingerprint density at radius 3 is 0.833 bits per heavy atom. The smallest absolute Gasteiger partial charge is 0.0443 e. The summed E-state index contributed by atoms with van der Waals surface area (Å²) in [4.78, 5) is 4.67. The minimum Gasteiger partial charge on any atom is -0.396 e. The van der Waals surface area contributed by atoms with E-state index in [-0.39, 0.29) is 26.4 Å². The van der Waals surface area contributed by atoms with Crippen LogP contribution in [0.2, 0.25) is 0 Å². The van der Waals surface area contributed by atoms with Gasteiger partial charge >= 0.3 is 0 Å². The van der Waals surface area contributed by atoms with Gasteiger partial charge in [-0.15, -0.1) is 0 Å². The minimum atomic E-state index is 0.229. The molecule has 0 amide bonds. The highest BCUT2D eigenvalue weighted by molar-refractivity contribution is 4.61. The Bertz CT molecular complexity index is 205. The molecule has 0 aromatic carbocycles. The van der Waals surface area contributed by atoms with Crippen molar-refractivity contribution in [1.82, 2.24) is 9.80 Å². The number of hydrogen-bond donors (Lipinski definition) is 4. The molecule has 0 fully saturated rings. The zero-order valence-corrected chi connectivity index (χ0v) is 15.4. The molecule has 146 valence electrons. The first-order chi connectivity index (χ1) is 11.8. The summed E-state index contributed by atoms with van der Waals surface area (Å²) in [6, 6.07) is 0. The summed E-state index contributed by atoms with van der Waals surface area (Å²) in [6.45, 7) is 6.64. The van der Waals surface area contributed by atoms with Crippen LogP contribution in [0.1, 0.15) is 51.4 Å². The van der Waals surface area contributed by atoms with Crippen molar-refractivity contribution in [2.75, 3.05) is 65.7 Å². The van der Waals surface area contributed by atoms with E-state index in [0.717, 1.165) is 77.8 Å². The second kappa shape index (κ2) is 19.1. The molecule has 6 heteroatoms. The zero-order valence-electron chi connectivity index (χ0n) is 15.4. The largest absolute Gasteiger partial charge is 0.396 e. The molecule has 4 N–H and O–H groups in total. The van der Waals surface area contributed by atoms with E-state index in [1.165, 1.54) is 12.8 Å². The SMILES string of the molecule is OCCCN(CCCO)CCCCCCN(CCCO)CCCO. The lowest BCUT2D eigenvalue weighted by Crippen LogP contribution is -2.29. The number of aliphatic hydroxyl groups is 4. The maximum Gasteiger partial charge on any atom is 0.0443 e. The molecule has 0 spiro atoms. The molecule has 0 saturated carbocycles. The normalized spacial score (nSPS) is 11.8. The average molecular weight is 349 g/mol. The van der Waals surface area contributed by atoms with Gasteiger partial charge in [-0.25, -0.2) is 0 Å². The van der Waals surface area contributed by atoms with E-state index in [9.17, 15) is 0 Å². The fraction of sp³-hybridized carbons (Fsp3) is 1.00. The van der Waals surface area contributed by atoms with E-state index in [2.05, 4.69) is 9.80 Å². The van der Waals surface area contributed by atoms with Crippen LogP contribution in [0.3, 0.4) is 0 Å². The molecule has 0 bridgehead atoms. The van der Waals surface area contributed by atoms with Crippen LogP contribution in [-0.2, 0) is 0 Å². The van der Waals surface area contributed by atoms with Gasteiger partial charge in [-0.05, 0) is 51.6 Å². The number of unbranched alkanes of at least 4 members (excludes halogenated alkanes) is 3. The summed E-state index contributed by atoms with van der Waals surface area (Å²) in [5.74, 6) is 0. The van der Waals surface area contributed by atoms with E-state index in [0.29, 0.717) is 0 Å². The van der Waals surface area contributed by atoms with Gasteiger partial charge < -0.3 is 30.2 Å². The Morgan fingerprint density at radius 1 is 0.333 bits per heavy atom. The highest BCUT2D eigenvalue weighted by atomic mass is 16.3. The van der Waals surface area contributed by atoms with E-state index < -0.39 is 0 Å². The lowest BCUT2D eigenvalue weighted by atomic mass is 10.1. The number of rotatable bonds is 19. The van der Waals surface area contributed by atoms with Crippen LogP contribution in [0.5, 0.6) is 0 Å². The molecule has 24 heavy (non-hydrogen) atoms. The summed E-state index contributed by atoms with van der Waals surface area (Å²) in [7, 11) is 0. The second-order valence-corrected chi connectivity index (χ2v) is 6.41. The molecule has 0 atom stereocenters. The van der Waals surface area contributed by atoms with Gasteiger partial charge in [0.05, 0.1) is 0 Å². The summed E-state index contributed by atoms with van der Waals surface area (Å²) in [5, 5.41) is 35.8. The van der Waals surface area contributed by atoms with Gasteiger partial charge in [0.15, 0.2) is 0 Å². The van der Waals surface area contributed by atoms with E-state index >= 15 is 0 Å². The number of hydrogen-bond acceptors (Lipinski definition) is 6. The Morgan fingerprint density at radius 2 is 0.583 bits per heavy atom. The van der Waals surface area contributed by atoms with E-state index in [1.54, 1.807) is 0 Å². The van der Waals surface area contributed by atoms with Crippen molar-refractivity contribution in [1.29, 1.82) is 0 Å². The van der Waals surface area contributed by atoms with Crippen molar-refractivity contribution in [3.8, 4) is 0 Å². The summed E-state index contributed by atoms with van der Waals surface area (Å²) in [6.07, 6.45) is 7.91. The molecule has 6 nitrogen and oxygen atoms in total. The Hall–Kier alpha value is -0.240. The second-order valence-electron chi connectivity index (χ2n) is 6.41. The van der Waals surface area contributed by atoms with Gasteiger partial charge in [0.25, 0.3) is 0 Å². The van der Waals surface area contributed by atoms with Gasteiger partial charge in [0, 0.05) is 52.6 Å². The van der Waals surface area contributed by atoms with Crippen molar-refractivity contribution in [3.05, 3.63) is 0 Å². The molecule has 0 aliphatic carbocycles. The van der Waals surface area contributed by atoms with Crippen LogP contribution in [0.25, 0.3) is 0 Å². The molecular formula is C18H40N2O4. The maximum absolute atomic E-state index is 8.95. The third-order valence-corrected chi connectivity index (χ3v) is 4.23. The highest BCUT2D eigenvalue weighted by Crippen LogP contribution is 2.06. The molecule has 0 saturated heterocycles. The Kier molecular flexibility index (Phi) is 18.9. The number of nitrogens with zero attached hydrogens (tertiary/aromatic N) is 2. The Labute approximate surface area is 148 Å². The minimum absolute atomic E-state index is 0.229. The van der Waals surface area contributed by atoms with Gasteiger partial charge in [-0.1, -0.05) is 12.8 Å². The predicted molar refractivity (Wildman–Crippen MR) is 98.2 cm³/mol. The molecule has 0 radical (unpaired) electrons. The van der Waals surface area contributed by atoms with Crippen LogP contribution in [0, 0.1) is 0 Å². The van der Waals surface area contributed by atoms with Crippen LogP contribution < -0.4 is 0 Å². The topological polar surface area (TPSA) is 87.4 Å². The first-order valence-corrected chi connectivity index (χ1v) is 9.66. The summed E-state index contributed by atoms with van der Waals surface area (Å²) in [5.41, 5.74) is 0. The van der Waals surface area contributed by atoms with Crippen LogP contribution in [0.15, 0.2) is 0 Å². The third kappa shape index (κ3) is 15.3. The zero-order chi connectivity index (χ0) is 17.9. The molecule has 0 aliphatic heterocycles. The standard InChI is InChI=1S/C18H40N2O4/c21-15-5-11-19(12-6-16-22)9-3-1-2-4-10-20(13-7-17-23)14-8-18-24/h21-24H,1-18H2. The summed E-state index contributed by atoms with van der Waals surface area (Å²) < 4.78 is 0. The average Bonchev–Trinajstić information content (AvgIpc) is 2.61. The first-order valence-electron chi connectivity index (χ1n) is 9.66. The van der Waals surface area contributed by atoms with Crippen LogP contribution >= 0.6 is 0 Å². The van der Waals surface area contributed by atoms with Gasteiger partial charge in [0.1, 0.15) is 0 Å². The molecule has 0 aliphatic rings. The lowest BCUT2D eigenvalue weighted by Gasteiger charge is -2.22. The van der Waals surface area contributed by atoms with Crippen molar-refractivity contribution >= 4 is 0 Å². The summed E-state index contributed by atoms with van der Waals surface area (Å²) >= 11 is 0. The Balaban J connectivity index is 3.74. The van der Waals surface area contributed by atoms with Gasteiger partial charge in [-0.3, -0.25) is 0 Å². The van der Waals surface area contributed by atoms with Crippen molar-refractivity contribution in [2.45, 2.75) is 51.4 Å². The highest BCUT2D eigenvalue weighted by Gasteiger charge is 2.06. The fourth-order valence-electron chi connectivity index (χ4n) is 2.87. The maximum atomic E-state index is 8.95. The molecule has 0 aromatic rings. The van der Waals surface area contributed by atoms with Crippen LogP contribution in [0.4, 0.5) is 0 Å². The van der Waals surface area contributed by atoms with Crippen molar-refractivity contribution < 1.29 is 20.4 Å². The van der Waals surface area contributed by atoms with Crippen molar-refractivity contribution in [3.63, 3.8) is 0 Å². The first kappa shape index (κ1) is 23.8. The molecule has 0 heterocycles. The van der Waals surface area contributed by atoms with E-state index in [4.69, 9.17) is 20.4 Å². The fourth-order valence-corrected chi connectivity index (χ4v) is 2.87. The molecule has 0 rings (SSSR count).